The first-order valence-corrected chi connectivity index (χ1v) is 8.98. The number of hydrogen-bond acceptors (Lipinski definition) is 4. The molecular weight excluding hydrogens is 334 g/mol. The minimum Gasteiger partial charge on any atom is -0.348 e. The third-order valence-corrected chi connectivity index (χ3v) is 4.71. The number of anilines is 1. The van der Waals surface area contributed by atoms with Crippen LogP contribution in [0.2, 0.25) is 0 Å². The van der Waals surface area contributed by atoms with Gasteiger partial charge in [0, 0.05) is 35.6 Å². The molecule has 2 amide bonds. The maximum atomic E-state index is 12.0. The monoisotopic (exact) mass is 359 g/mol. The van der Waals surface area contributed by atoms with Crippen LogP contribution in [0, 0.1) is 12.3 Å². The van der Waals surface area contributed by atoms with Crippen molar-refractivity contribution in [3.8, 4) is 11.3 Å². The fourth-order valence-electron chi connectivity index (χ4n) is 2.11. The topological polar surface area (TPSA) is 62.3 Å². The van der Waals surface area contributed by atoms with Crippen molar-refractivity contribution in [2.75, 3.05) is 19.4 Å². The molecule has 1 heterocycles. The van der Waals surface area contributed by atoms with Gasteiger partial charge >= 0.3 is 0 Å². The van der Waals surface area contributed by atoms with Gasteiger partial charge in [-0.05, 0) is 19.1 Å². The van der Waals surface area contributed by atoms with Crippen LogP contribution in [0.15, 0.2) is 24.3 Å². The maximum Gasteiger partial charge on any atom is 0.229 e. The molecule has 5 nitrogen and oxygen atoms in total. The highest BCUT2D eigenvalue weighted by Crippen LogP contribution is 2.29. The molecular formula is C19H25N3O2S. The smallest absolute Gasteiger partial charge is 0.229 e. The van der Waals surface area contributed by atoms with E-state index in [1.54, 1.807) is 30.3 Å². The molecule has 0 unspecified atom stereocenters. The lowest BCUT2D eigenvalue weighted by Crippen LogP contribution is -2.27. The van der Waals surface area contributed by atoms with Gasteiger partial charge in [-0.1, -0.05) is 32.9 Å². The highest BCUT2D eigenvalue weighted by Gasteiger charge is 2.21. The number of carbonyl (C=O) groups excluding carboxylic acids is 2. The van der Waals surface area contributed by atoms with Gasteiger partial charge in [0.2, 0.25) is 11.8 Å². The molecule has 0 radical (unpaired) electrons. The first-order valence-electron chi connectivity index (χ1n) is 8.16. The van der Waals surface area contributed by atoms with Crippen molar-refractivity contribution in [2.24, 2.45) is 5.41 Å². The number of aryl methyl sites for hydroxylation is 1. The summed E-state index contributed by atoms with van der Waals surface area (Å²) in [6.45, 7) is 7.65. The van der Waals surface area contributed by atoms with Crippen molar-refractivity contribution in [2.45, 2.75) is 34.1 Å². The normalized spacial score (nSPS) is 11.3. The van der Waals surface area contributed by atoms with Gasteiger partial charge in [-0.3, -0.25) is 9.59 Å². The van der Waals surface area contributed by atoms with Crippen LogP contribution in [-0.2, 0) is 16.0 Å². The van der Waals surface area contributed by atoms with E-state index < -0.39 is 5.41 Å². The summed E-state index contributed by atoms with van der Waals surface area (Å²) in [5.74, 6) is 0.0233. The van der Waals surface area contributed by atoms with Gasteiger partial charge in [-0.15, -0.1) is 11.3 Å². The van der Waals surface area contributed by atoms with Crippen molar-refractivity contribution in [3.63, 3.8) is 0 Å². The van der Waals surface area contributed by atoms with E-state index in [1.165, 1.54) is 0 Å². The number of carbonyl (C=O) groups is 2. The van der Waals surface area contributed by atoms with E-state index in [0.29, 0.717) is 6.42 Å². The van der Waals surface area contributed by atoms with Crippen LogP contribution in [0.3, 0.4) is 0 Å². The Balaban J connectivity index is 2.16. The molecule has 0 aliphatic rings. The molecule has 0 aliphatic carbocycles. The maximum absolute atomic E-state index is 12.0. The van der Waals surface area contributed by atoms with E-state index in [2.05, 4.69) is 10.3 Å². The molecule has 0 spiro atoms. The molecule has 0 aliphatic heterocycles. The molecule has 2 rings (SSSR count). The summed E-state index contributed by atoms with van der Waals surface area (Å²) in [6, 6.07) is 7.64. The molecule has 0 saturated heterocycles. The number of amides is 2. The van der Waals surface area contributed by atoms with Crippen LogP contribution in [0.1, 0.15) is 30.7 Å². The minimum atomic E-state index is -0.432. The van der Waals surface area contributed by atoms with Gasteiger partial charge in [0.1, 0.15) is 5.01 Å². The third kappa shape index (κ3) is 4.89. The number of nitrogens with zero attached hydrogens (tertiary/aromatic N) is 2. The highest BCUT2D eigenvalue weighted by atomic mass is 32.1. The summed E-state index contributed by atoms with van der Waals surface area (Å²) in [5.41, 5.74) is 2.20. The molecule has 6 heteroatoms. The van der Waals surface area contributed by atoms with Crippen LogP contribution in [0.4, 0.5) is 5.69 Å². The molecule has 134 valence electrons. The Hall–Kier alpha value is -2.21. The zero-order valence-corrected chi connectivity index (χ0v) is 16.5. The van der Waals surface area contributed by atoms with Gasteiger partial charge in [0.15, 0.2) is 0 Å². The Morgan fingerprint density at radius 2 is 1.76 bits per heavy atom. The average Bonchev–Trinajstić information content (AvgIpc) is 2.87. The summed E-state index contributed by atoms with van der Waals surface area (Å²) in [4.78, 5) is 31.2. The first-order chi connectivity index (χ1) is 11.6. The Morgan fingerprint density at radius 1 is 1.16 bits per heavy atom. The number of thiazole rings is 1. The van der Waals surface area contributed by atoms with Crippen LogP contribution < -0.4 is 5.32 Å². The second-order valence-corrected chi connectivity index (χ2v) is 8.55. The number of nitrogens with one attached hydrogen (secondary N) is 1. The summed E-state index contributed by atoms with van der Waals surface area (Å²) >= 11 is 1.54. The largest absolute Gasteiger partial charge is 0.348 e. The van der Waals surface area contributed by atoms with Gasteiger partial charge in [-0.2, -0.15) is 0 Å². The van der Waals surface area contributed by atoms with Crippen LogP contribution in [0.25, 0.3) is 11.3 Å². The molecule has 0 fully saturated rings. The quantitative estimate of drug-likeness (QED) is 0.905. The second-order valence-electron chi connectivity index (χ2n) is 7.26. The molecule has 25 heavy (non-hydrogen) atoms. The van der Waals surface area contributed by atoms with E-state index >= 15 is 0 Å². The average molecular weight is 359 g/mol. The van der Waals surface area contributed by atoms with Crippen LogP contribution >= 0.6 is 11.3 Å². The molecule has 0 bridgehead atoms. The number of benzene rings is 1. The lowest BCUT2D eigenvalue weighted by molar-refractivity contribution is -0.128. The molecule has 2 aromatic rings. The standard InChI is InChI=1S/C19H25N3O2S/c1-12-17(21-15(25-12)11-16(23)22(5)6)13-7-9-14(10-8-13)20-18(24)19(2,3)4/h7-10H,11H2,1-6H3,(H,20,24). The lowest BCUT2D eigenvalue weighted by atomic mass is 9.95. The molecule has 0 saturated carbocycles. The number of likely N-dealkylation sites (N-methyl/N-ethyl adjacent to an activating group) is 1. The number of rotatable bonds is 4. The van der Waals surface area contributed by atoms with Crippen LogP contribution in [0.5, 0.6) is 0 Å². The Kier molecular flexibility index (Phi) is 5.62. The predicted octanol–water partition coefficient (Wildman–Crippen LogP) is 3.73. The SMILES string of the molecule is Cc1sc(CC(=O)N(C)C)nc1-c1ccc(NC(=O)C(C)(C)C)cc1. The predicted molar refractivity (Wildman–Crippen MR) is 103 cm³/mol. The fraction of sp³-hybridized carbons (Fsp3) is 0.421. The zero-order valence-electron chi connectivity index (χ0n) is 15.6. The molecule has 1 N–H and O–H groups in total. The number of aromatic nitrogens is 1. The van der Waals surface area contributed by atoms with Crippen molar-refractivity contribution >= 4 is 28.8 Å². The van der Waals surface area contributed by atoms with E-state index in [9.17, 15) is 9.59 Å². The summed E-state index contributed by atoms with van der Waals surface area (Å²) < 4.78 is 0. The fourth-order valence-corrected chi connectivity index (χ4v) is 3.06. The summed E-state index contributed by atoms with van der Waals surface area (Å²) in [6.07, 6.45) is 0.318. The lowest BCUT2D eigenvalue weighted by Gasteiger charge is -2.17. The van der Waals surface area contributed by atoms with Crippen molar-refractivity contribution < 1.29 is 9.59 Å². The third-order valence-electron chi connectivity index (χ3n) is 3.74. The Bertz CT molecular complexity index is 771. The van der Waals surface area contributed by atoms with E-state index in [-0.39, 0.29) is 11.8 Å². The minimum absolute atomic E-state index is 0.0189. The summed E-state index contributed by atoms with van der Waals surface area (Å²) in [5, 5.41) is 3.73. The molecule has 1 aromatic heterocycles. The second kappa shape index (κ2) is 7.35. The first kappa shape index (κ1) is 19.1. The van der Waals surface area contributed by atoms with Crippen LogP contribution in [-0.4, -0.2) is 35.8 Å². The van der Waals surface area contributed by atoms with E-state index in [4.69, 9.17) is 0 Å². The highest BCUT2D eigenvalue weighted by molar-refractivity contribution is 7.12. The Labute approximate surface area is 153 Å². The van der Waals surface area contributed by atoms with E-state index in [0.717, 1.165) is 26.8 Å². The van der Waals surface area contributed by atoms with Gasteiger partial charge < -0.3 is 10.2 Å². The van der Waals surface area contributed by atoms with Gasteiger partial charge in [-0.25, -0.2) is 4.98 Å². The Morgan fingerprint density at radius 3 is 2.28 bits per heavy atom. The van der Waals surface area contributed by atoms with Crippen molar-refractivity contribution in [3.05, 3.63) is 34.2 Å². The summed E-state index contributed by atoms with van der Waals surface area (Å²) in [7, 11) is 3.49. The zero-order chi connectivity index (χ0) is 18.8. The van der Waals surface area contributed by atoms with Crippen molar-refractivity contribution in [1.82, 2.24) is 9.88 Å². The molecule has 0 atom stereocenters. The van der Waals surface area contributed by atoms with Gasteiger partial charge in [0.05, 0.1) is 12.1 Å². The van der Waals surface area contributed by atoms with Crippen molar-refractivity contribution in [1.29, 1.82) is 0 Å². The van der Waals surface area contributed by atoms with Gasteiger partial charge in [0.25, 0.3) is 0 Å². The molecule has 1 aromatic carbocycles. The van der Waals surface area contributed by atoms with E-state index in [1.807, 2.05) is 52.0 Å². The number of hydrogen-bond donors (Lipinski definition) is 1.